The van der Waals surface area contributed by atoms with Crippen LogP contribution in [0, 0.1) is 5.92 Å². The first kappa shape index (κ1) is 24.6. The number of hydrogen-bond donors (Lipinski definition) is 2. The molecule has 1 heterocycles. The lowest BCUT2D eigenvalue weighted by Gasteiger charge is -2.59. The number of likely N-dealkylation sites (tertiary alicyclic amines) is 1. The van der Waals surface area contributed by atoms with Gasteiger partial charge in [0.1, 0.15) is 18.0 Å². The van der Waals surface area contributed by atoms with E-state index in [4.69, 9.17) is 9.47 Å². The monoisotopic (exact) mass is 492 g/mol. The number of phenolic OH excluding ortho intramolecular Hbond substituents is 1. The summed E-state index contributed by atoms with van der Waals surface area (Å²) in [5, 5.41) is 13.4. The molecule has 0 unspecified atom stereocenters. The molecule has 1 aliphatic heterocycles. The van der Waals surface area contributed by atoms with Crippen LogP contribution in [0.3, 0.4) is 0 Å². The maximum absolute atomic E-state index is 12.7. The summed E-state index contributed by atoms with van der Waals surface area (Å²) in [7, 11) is 0. The average molecular weight is 493 g/mol. The van der Waals surface area contributed by atoms with Crippen molar-refractivity contribution in [1.82, 2.24) is 10.2 Å². The maximum atomic E-state index is 12.7. The highest BCUT2D eigenvalue weighted by molar-refractivity contribution is 5.68. The van der Waals surface area contributed by atoms with Crippen molar-refractivity contribution >= 4 is 12.1 Å². The maximum Gasteiger partial charge on any atom is 0.407 e. The Hall–Kier alpha value is -3.06. The molecule has 7 heteroatoms. The fourth-order valence-electron chi connectivity index (χ4n) is 6.37. The van der Waals surface area contributed by atoms with Crippen LogP contribution in [0.4, 0.5) is 4.79 Å². The van der Waals surface area contributed by atoms with Gasteiger partial charge in [0.05, 0.1) is 0 Å². The molecule has 2 saturated carbocycles. The van der Waals surface area contributed by atoms with E-state index < -0.39 is 17.1 Å². The van der Waals surface area contributed by atoms with Crippen LogP contribution in [0.2, 0.25) is 0 Å². The zero-order valence-electron chi connectivity index (χ0n) is 20.9. The highest BCUT2D eigenvalue weighted by Crippen LogP contribution is 2.54. The molecular weight excluding hydrogens is 456 g/mol. The molecule has 0 aromatic heterocycles. The Morgan fingerprint density at radius 1 is 1.08 bits per heavy atom. The Balaban J connectivity index is 1.39. The minimum Gasteiger partial charge on any atom is -0.508 e. The van der Waals surface area contributed by atoms with Crippen molar-refractivity contribution in [3.05, 3.63) is 65.7 Å². The molecule has 36 heavy (non-hydrogen) atoms. The number of carbonyl (C=O) groups is 2. The highest BCUT2D eigenvalue weighted by Gasteiger charge is 2.61. The molecule has 3 aliphatic rings. The summed E-state index contributed by atoms with van der Waals surface area (Å²) in [5.41, 5.74) is 0.655. The van der Waals surface area contributed by atoms with Gasteiger partial charge in [-0.05, 0) is 74.2 Å². The van der Waals surface area contributed by atoms with E-state index in [2.05, 4.69) is 10.2 Å². The lowest BCUT2D eigenvalue weighted by molar-refractivity contribution is -0.187. The zero-order chi connectivity index (χ0) is 25.2. The summed E-state index contributed by atoms with van der Waals surface area (Å²) in [4.78, 5) is 27.6. The molecule has 192 valence electrons. The number of piperidine rings is 1. The third-order valence-electron chi connectivity index (χ3n) is 8.18. The fourth-order valence-corrected chi connectivity index (χ4v) is 6.37. The molecule has 3 atom stereocenters. The number of amides is 1. The lowest BCUT2D eigenvalue weighted by Crippen LogP contribution is -2.68. The minimum absolute atomic E-state index is 0.130. The van der Waals surface area contributed by atoms with Crippen LogP contribution in [0.25, 0.3) is 0 Å². The number of rotatable bonds is 7. The Bertz CT molecular complexity index is 1090. The first-order valence-corrected chi connectivity index (χ1v) is 13.1. The van der Waals surface area contributed by atoms with Crippen LogP contribution < -0.4 is 5.32 Å². The van der Waals surface area contributed by atoms with Gasteiger partial charge in [0, 0.05) is 31.5 Å². The Morgan fingerprint density at radius 3 is 2.61 bits per heavy atom. The van der Waals surface area contributed by atoms with Crippen LogP contribution in [-0.2, 0) is 26.3 Å². The number of carbonyl (C=O) groups excluding carboxylic acids is 2. The zero-order valence-corrected chi connectivity index (χ0v) is 20.9. The number of nitrogens with one attached hydrogen (secondary N) is 1. The van der Waals surface area contributed by atoms with Crippen LogP contribution in [-0.4, -0.2) is 53.3 Å². The number of nitrogens with zero attached hydrogens (tertiary/aromatic N) is 1. The van der Waals surface area contributed by atoms with Crippen molar-refractivity contribution in [3.8, 4) is 5.75 Å². The third kappa shape index (κ3) is 5.21. The largest absolute Gasteiger partial charge is 0.508 e. The molecule has 3 fully saturated rings. The van der Waals surface area contributed by atoms with Crippen LogP contribution in [0.1, 0.15) is 56.6 Å². The number of alkyl carbamates (subject to hydrolysis) is 1. The number of fused-ring (bicyclic) bond motifs is 1. The van der Waals surface area contributed by atoms with Gasteiger partial charge in [-0.1, -0.05) is 42.5 Å². The van der Waals surface area contributed by atoms with Gasteiger partial charge >= 0.3 is 12.1 Å². The topological polar surface area (TPSA) is 88.1 Å². The second-order valence-corrected chi connectivity index (χ2v) is 10.8. The van der Waals surface area contributed by atoms with E-state index >= 15 is 0 Å². The van der Waals surface area contributed by atoms with Gasteiger partial charge in [-0.15, -0.1) is 0 Å². The molecule has 7 nitrogen and oxygen atoms in total. The Morgan fingerprint density at radius 2 is 1.89 bits per heavy atom. The van der Waals surface area contributed by atoms with Gasteiger partial charge in [0.25, 0.3) is 0 Å². The van der Waals surface area contributed by atoms with E-state index in [-0.39, 0.29) is 24.4 Å². The van der Waals surface area contributed by atoms with Gasteiger partial charge in [-0.3, -0.25) is 9.69 Å². The first-order valence-electron chi connectivity index (χ1n) is 13.1. The molecule has 2 N–H and O–H groups in total. The fraction of sp³-hybridized carbons (Fsp3) is 0.517. The van der Waals surface area contributed by atoms with Crippen molar-refractivity contribution in [1.29, 1.82) is 0 Å². The normalized spacial score (nSPS) is 28.1. The van der Waals surface area contributed by atoms with Gasteiger partial charge in [0.15, 0.2) is 0 Å². The first-order chi connectivity index (χ1) is 17.4. The molecule has 2 aromatic carbocycles. The number of ether oxygens (including phenoxy) is 2. The van der Waals surface area contributed by atoms with Crippen molar-refractivity contribution in [2.24, 2.45) is 5.92 Å². The van der Waals surface area contributed by atoms with Crippen LogP contribution in [0.5, 0.6) is 5.75 Å². The smallest absolute Gasteiger partial charge is 0.407 e. The molecule has 2 aliphatic carbocycles. The van der Waals surface area contributed by atoms with E-state index in [9.17, 15) is 14.7 Å². The van der Waals surface area contributed by atoms with Crippen LogP contribution in [0.15, 0.2) is 54.6 Å². The highest BCUT2D eigenvalue weighted by atomic mass is 16.6. The van der Waals surface area contributed by atoms with Crippen LogP contribution >= 0.6 is 0 Å². The lowest BCUT2D eigenvalue weighted by atomic mass is 9.55. The predicted molar refractivity (Wildman–Crippen MR) is 135 cm³/mol. The van der Waals surface area contributed by atoms with E-state index in [1.807, 2.05) is 42.5 Å². The third-order valence-corrected chi connectivity index (χ3v) is 8.18. The van der Waals surface area contributed by atoms with Gasteiger partial charge in [0.2, 0.25) is 0 Å². The van der Waals surface area contributed by atoms with E-state index in [1.54, 1.807) is 12.1 Å². The van der Waals surface area contributed by atoms with Crippen molar-refractivity contribution in [2.45, 2.75) is 69.1 Å². The summed E-state index contributed by atoms with van der Waals surface area (Å²) in [6, 6.07) is 16.8. The minimum atomic E-state index is -0.716. The quantitative estimate of drug-likeness (QED) is 0.553. The van der Waals surface area contributed by atoms with Crippen molar-refractivity contribution in [3.63, 3.8) is 0 Å². The molecule has 0 bridgehead atoms. The molecule has 1 amide bonds. The molecule has 1 saturated heterocycles. The molecule has 0 radical (unpaired) electrons. The van der Waals surface area contributed by atoms with Gasteiger partial charge < -0.3 is 19.9 Å². The Labute approximate surface area is 212 Å². The van der Waals surface area contributed by atoms with Gasteiger partial charge in [-0.2, -0.15) is 0 Å². The Kier molecular flexibility index (Phi) is 6.93. The summed E-state index contributed by atoms with van der Waals surface area (Å²) >= 11 is 0. The second kappa shape index (κ2) is 10.1. The number of aromatic hydroxyl groups is 1. The SMILES string of the molecule is CC(=O)O[C@]12CC[C@H](NC(=O)OCc3ccccc3)C[C@]1(c1cccc(O)c1)CCN(CC1CC1)C2. The number of phenols is 1. The molecule has 5 rings (SSSR count). The van der Waals surface area contributed by atoms with Gasteiger partial charge in [-0.25, -0.2) is 4.79 Å². The number of hydrogen-bond acceptors (Lipinski definition) is 6. The summed E-state index contributed by atoms with van der Waals surface area (Å²) < 4.78 is 11.8. The van der Waals surface area contributed by atoms with Crippen molar-refractivity contribution in [2.75, 3.05) is 19.6 Å². The molecular formula is C29H36N2O5. The molecule has 2 aromatic rings. The molecule has 0 spiro atoms. The predicted octanol–water partition coefficient (Wildman–Crippen LogP) is 4.53. The van der Waals surface area contributed by atoms with E-state index in [0.717, 1.165) is 36.6 Å². The number of esters is 1. The van der Waals surface area contributed by atoms with Crippen molar-refractivity contribution < 1.29 is 24.2 Å². The average Bonchev–Trinajstić information content (AvgIpc) is 3.67. The van der Waals surface area contributed by atoms with E-state index in [0.29, 0.717) is 25.8 Å². The number of benzene rings is 2. The summed E-state index contributed by atoms with van der Waals surface area (Å²) in [5.74, 6) is 0.642. The second-order valence-electron chi connectivity index (χ2n) is 10.8. The standard InChI is InChI=1S/C29H36N2O5/c1-21(32)36-29-13-12-25(30-27(34)35-19-23-6-3-2-4-7-23)17-28(29,24-8-5-9-26(33)16-24)14-15-31(20-29)18-22-10-11-22/h2-9,16,22,25,33H,10-15,17-20H2,1H3,(H,30,34)/t25-,28-,29-/m0/s1. The summed E-state index contributed by atoms with van der Waals surface area (Å²) in [6.45, 7) is 4.29. The summed E-state index contributed by atoms with van der Waals surface area (Å²) in [6.07, 6.45) is 4.81. The van der Waals surface area contributed by atoms with E-state index in [1.165, 1.54) is 19.8 Å².